The van der Waals surface area contributed by atoms with Crippen LogP contribution in [0.25, 0.3) is 0 Å². The van der Waals surface area contributed by atoms with E-state index in [2.05, 4.69) is 45.6 Å². The van der Waals surface area contributed by atoms with Crippen LogP contribution in [0.15, 0.2) is 30.3 Å². The highest BCUT2D eigenvalue weighted by atomic mass is 35.5. The molecule has 6 nitrogen and oxygen atoms in total. The first-order valence-electron chi connectivity index (χ1n) is 11.4. The van der Waals surface area contributed by atoms with Gasteiger partial charge in [-0.2, -0.15) is 4.98 Å². The third kappa shape index (κ3) is 5.69. The van der Waals surface area contributed by atoms with E-state index in [-0.39, 0.29) is 5.41 Å². The quantitative estimate of drug-likeness (QED) is 0.609. The van der Waals surface area contributed by atoms with Crippen molar-refractivity contribution >= 4 is 40.7 Å². The molecule has 0 spiro atoms. The molecule has 2 fully saturated rings. The molecule has 1 aromatic heterocycles. The lowest BCUT2D eigenvalue weighted by Gasteiger charge is -2.38. The van der Waals surface area contributed by atoms with Crippen molar-refractivity contribution < 1.29 is 4.74 Å². The molecule has 2 aliphatic rings. The van der Waals surface area contributed by atoms with Gasteiger partial charge in [-0.3, -0.25) is 0 Å². The first-order valence-corrected chi connectivity index (χ1v) is 12.2. The summed E-state index contributed by atoms with van der Waals surface area (Å²) in [5.41, 5.74) is 2.14. The van der Waals surface area contributed by atoms with Gasteiger partial charge in [-0.15, -0.1) is 0 Å². The Morgan fingerprint density at radius 2 is 2.00 bits per heavy atom. The van der Waals surface area contributed by atoms with Crippen molar-refractivity contribution in [3.63, 3.8) is 0 Å². The van der Waals surface area contributed by atoms with E-state index in [9.17, 15) is 0 Å². The second-order valence-corrected chi connectivity index (χ2v) is 9.94. The number of thiocarbonyl (C=S) groups is 1. The molecule has 0 saturated carbocycles. The molecule has 0 bridgehead atoms. The van der Waals surface area contributed by atoms with Crippen LogP contribution in [0.1, 0.15) is 43.9 Å². The number of ether oxygens (including phenoxy) is 1. The number of piperidine rings is 1. The second kappa shape index (κ2) is 10.3. The summed E-state index contributed by atoms with van der Waals surface area (Å²) < 4.78 is 5.64. The fourth-order valence-electron chi connectivity index (χ4n) is 4.70. The highest BCUT2D eigenvalue weighted by Gasteiger charge is 2.34. The monoisotopic (exact) mass is 473 g/mol. The van der Waals surface area contributed by atoms with Gasteiger partial charge < -0.3 is 20.3 Å². The summed E-state index contributed by atoms with van der Waals surface area (Å²) >= 11 is 11.7. The van der Waals surface area contributed by atoms with Crippen molar-refractivity contribution in [2.24, 2.45) is 5.92 Å². The van der Waals surface area contributed by atoms with Gasteiger partial charge in [0.1, 0.15) is 5.82 Å². The van der Waals surface area contributed by atoms with Gasteiger partial charge in [0.2, 0.25) is 5.95 Å². The average molecular weight is 474 g/mol. The Hall–Kier alpha value is -1.96. The molecule has 0 unspecified atom stereocenters. The number of aryl methyl sites for hydroxylation is 1. The van der Waals surface area contributed by atoms with Gasteiger partial charge in [0.15, 0.2) is 5.11 Å². The van der Waals surface area contributed by atoms with Crippen LogP contribution in [-0.2, 0) is 10.2 Å². The molecule has 8 heteroatoms. The van der Waals surface area contributed by atoms with Crippen LogP contribution in [0.5, 0.6) is 0 Å². The van der Waals surface area contributed by atoms with Gasteiger partial charge in [0.05, 0.1) is 0 Å². The normalized spacial score (nSPS) is 20.6. The van der Waals surface area contributed by atoms with Crippen molar-refractivity contribution in [1.29, 1.82) is 0 Å². The largest absolute Gasteiger partial charge is 0.381 e. The lowest BCUT2D eigenvalue weighted by Crippen LogP contribution is -2.45. The van der Waals surface area contributed by atoms with Crippen LogP contribution >= 0.6 is 23.8 Å². The van der Waals surface area contributed by atoms with E-state index in [1.807, 2.05) is 19.1 Å². The van der Waals surface area contributed by atoms with Crippen molar-refractivity contribution in [2.45, 2.75) is 44.9 Å². The van der Waals surface area contributed by atoms with Crippen molar-refractivity contribution in [1.82, 2.24) is 15.3 Å². The Morgan fingerprint density at radius 3 is 2.72 bits per heavy atom. The van der Waals surface area contributed by atoms with Gasteiger partial charge in [-0.05, 0) is 68.4 Å². The molecular formula is C24H32ClN5OS. The summed E-state index contributed by atoms with van der Waals surface area (Å²) in [5, 5.41) is 7.91. The average Bonchev–Trinajstić information content (AvgIpc) is 2.78. The molecular weight excluding hydrogens is 442 g/mol. The van der Waals surface area contributed by atoms with E-state index in [1.165, 1.54) is 18.4 Å². The topological polar surface area (TPSA) is 62.3 Å². The zero-order valence-electron chi connectivity index (χ0n) is 18.9. The molecule has 1 atom stereocenters. The Labute approximate surface area is 201 Å². The van der Waals surface area contributed by atoms with E-state index in [0.717, 1.165) is 55.7 Å². The second-order valence-electron chi connectivity index (χ2n) is 9.09. The molecule has 0 radical (unpaired) electrons. The molecule has 0 aliphatic carbocycles. The lowest BCUT2D eigenvalue weighted by atomic mass is 9.74. The molecule has 2 aromatic rings. The van der Waals surface area contributed by atoms with Crippen molar-refractivity contribution in [3.05, 3.63) is 46.6 Å². The zero-order valence-corrected chi connectivity index (χ0v) is 20.4. The Morgan fingerprint density at radius 1 is 1.25 bits per heavy atom. The number of benzene rings is 1. The minimum absolute atomic E-state index is 0.0445. The summed E-state index contributed by atoms with van der Waals surface area (Å²) in [6, 6.07) is 10.2. The van der Waals surface area contributed by atoms with Crippen molar-refractivity contribution in [3.8, 4) is 0 Å². The molecule has 2 saturated heterocycles. The summed E-state index contributed by atoms with van der Waals surface area (Å²) in [4.78, 5) is 11.7. The summed E-state index contributed by atoms with van der Waals surface area (Å²) in [6.07, 6.45) is 4.34. The maximum Gasteiger partial charge on any atom is 0.231 e. The number of hydrogen-bond acceptors (Lipinski definition) is 5. The molecule has 2 aliphatic heterocycles. The highest BCUT2D eigenvalue weighted by molar-refractivity contribution is 7.80. The zero-order chi connectivity index (χ0) is 22.6. The number of nitrogens with zero attached hydrogens (tertiary/aromatic N) is 3. The third-order valence-corrected chi connectivity index (χ3v) is 7.04. The molecule has 32 heavy (non-hydrogen) atoms. The predicted octanol–water partition coefficient (Wildman–Crippen LogP) is 4.71. The van der Waals surface area contributed by atoms with Crippen LogP contribution in [-0.4, -0.2) is 47.9 Å². The summed E-state index contributed by atoms with van der Waals surface area (Å²) in [5.74, 6) is 2.20. The Balaban J connectivity index is 1.43. The Bertz CT molecular complexity index is 932. The van der Waals surface area contributed by atoms with Gasteiger partial charge in [0, 0.05) is 55.0 Å². The van der Waals surface area contributed by atoms with E-state index in [4.69, 9.17) is 33.5 Å². The van der Waals surface area contributed by atoms with E-state index in [0.29, 0.717) is 23.5 Å². The number of nitrogens with one attached hydrogen (secondary N) is 2. The van der Waals surface area contributed by atoms with Crippen LogP contribution in [0, 0.1) is 12.8 Å². The number of aromatic nitrogens is 2. The molecule has 1 aromatic carbocycles. The van der Waals surface area contributed by atoms with Gasteiger partial charge in [-0.25, -0.2) is 4.98 Å². The molecule has 2 N–H and O–H groups in total. The highest BCUT2D eigenvalue weighted by Crippen LogP contribution is 2.35. The fourth-order valence-corrected chi connectivity index (χ4v) is 4.99. The van der Waals surface area contributed by atoms with Gasteiger partial charge in [-0.1, -0.05) is 30.7 Å². The first kappa shape index (κ1) is 23.2. The maximum absolute atomic E-state index is 6.11. The molecule has 0 amide bonds. The first-order chi connectivity index (χ1) is 15.4. The van der Waals surface area contributed by atoms with Crippen LogP contribution in [0.3, 0.4) is 0 Å². The number of hydrogen-bond donors (Lipinski definition) is 2. The standard InChI is InChI=1S/C24H32ClN5OS/c1-17-4-3-11-30(15-17)21-14-18(2)27-22(28-21)29-23(32)26-16-24(9-12-31-13-10-24)19-5-7-20(25)8-6-19/h5-8,14,17H,3-4,9-13,15-16H2,1-2H3,(H2,26,27,28,29,32)/t17-/m1/s1. The SMILES string of the molecule is Cc1cc(N2CCC[C@@H](C)C2)nc(NC(=S)NCC2(c3ccc(Cl)cc3)CCOCC2)n1. The summed E-state index contributed by atoms with van der Waals surface area (Å²) in [6.45, 7) is 8.56. The van der Waals surface area contributed by atoms with E-state index >= 15 is 0 Å². The lowest BCUT2D eigenvalue weighted by molar-refractivity contribution is 0.0515. The maximum atomic E-state index is 6.11. The predicted molar refractivity (Wildman–Crippen MR) is 135 cm³/mol. The molecule has 3 heterocycles. The fraction of sp³-hybridized carbons (Fsp3) is 0.542. The number of anilines is 2. The number of rotatable bonds is 5. The minimum Gasteiger partial charge on any atom is -0.381 e. The molecule has 4 rings (SSSR count). The van der Waals surface area contributed by atoms with Crippen molar-refractivity contribution in [2.75, 3.05) is 43.1 Å². The van der Waals surface area contributed by atoms with Crippen LogP contribution in [0.4, 0.5) is 11.8 Å². The van der Waals surface area contributed by atoms with Gasteiger partial charge >= 0.3 is 0 Å². The van der Waals surface area contributed by atoms with Crippen LogP contribution < -0.4 is 15.5 Å². The molecule has 172 valence electrons. The van der Waals surface area contributed by atoms with Gasteiger partial charge in [0.25, 0.3) is 0 Å². The van der Waals surface area contributed by atoms with E-state index in [1.54, 1.807) is 0 Å². The smallest absolute Gasteiger partial charge is 0.231 e. The van der Waals surface area contributed by atoms with E-state index < -0.39 is 0 Å². The minimum atomic E-state index is -0.0445. The third-order valence-electron chi connectivity index (χ3n) is 6.54. The number of halogens is 1. The Kier molecular flexibility index (Phi) is 7.48. The summed E-state index contributed by atoms with van der Waals surface area (Å²) in [7, 11) is 0. The van der Waals surface area contributed by atoms with Crippen LogP contribution in [0.2, 0.25) is 5.02 Å².